The van der Waals surface area contributed by atoms with E-state index in [0.717, 1.165) is 0 Å². The SMILES string of the molecule is CCOC(=O)N1CCN(C(=O)Cc2csc(NC(=O)c3ccc(F)cc3)n2)CC1. The predicted octanol–water partition coefficient (Wildman–Crippen LogP) is 2.38. The molecular formula is C19H21FN4O4S. The molecule has 0 atom stereocenters. The smallest absolute Gasteiger partial charge is 0.409 e. The topological polar surface area (TPSA) is 91.8 Å². The highest BCUT2D eigenvalue weighted by atomic mass is 32.1. The van der Waals surface area contributed by atoms with Crippen LogP contribution in [0.15, 0.2) is 29.6 Å². The van der Waals surface area contributed by atoms with E-state index >= 15 is 0 Å². The summed E-state index contributed by atoms with van der Waals surface area (Å²) < 4.78 is 17.9. The molecule has 0 unspecified atom stereocenters. The summed E-state index contributed by atoms with van der Waals surface area (Å²) in [6.45, 7) is 3.82. The van der Waals surface area contributed by atoms with Crippen molar-refractivity contribution >= 4 is 34.4 Å². The summed E-state index contributed by atoms with van der Waals surface area (Å²) in [7, 11) is 0. The summed E-state index contributed by atoms with van der Waals surface area (Å²) >= 11 is 1.22. The van der Waals surface area contributed by atoms with Gasteiger partial charge in [-0.3, -0.25) is 14.9 Å². The fourth-order valence-electron chi connectivity index (χ4n) is 2.84. The zero-order chi connectivity index (χ0) is 20.8. The van der Waals surface area contributed by atoms with Crippen LogP contribution in [-0.2, 0) is 16.0 Å². The number of thiazole rings is 1. The van der Waals surface area contributed by atoms with Crippen molar-refractivity contribution in [1.82, 2.24) is 14.8 Å². The second kappa shape index (κ2) is 9.46. The lowest BCUT2D eigenvalue weighted by Gasteiger charge is -2.34. The molecule has 29 heavy (non-hydrogen) atoms. The maximum atomic E-state index is 12.9. The molecule has 154 valence electrons. The number of piperazine rings is 1. The summed E-state index contributed by atoms with van der Waals surface area (Å²) in [4.78, 5) is 43.9. The first-order valence-corrected chi connectivity index (χ1v) is 10.0. The second-order valence-corrected chi connectivity index (χ2v) is 7.21. The van der Waals surface area contributed by atoms with E-state index in [4.69, 9.17) is 4.74 Å². The van der Waals surface area contributed by atoms with Crippen LogP contribution in [-0.4, -0.2) is 65.5 Å². The number of ether oxygens (including phenoxy) is 1. The molecule has 1 fully saturated rings. The standard InChI is InChI=1S/C19H21FN4O4S/c1-2-28-19(27)24-9-7-23(8-10-24)16(25)11-15-12-29-18(21-15)22-17(26)13-3-5-14(20)6-4-13/h3-6,12H,2,7-11H2,1H3,(H,21,22,26). The van der Waals surface area contributed by atoms with Gasteiger partial charge in [-0.1, -0.05) is 0 Å². The van der Waals surface area contributed by atoms with Crippen LogP contribution in [0.1, 0.15) is 23.0 Å². The quantitative estimate of drug-likeness (QED) is 0.802. The van der Waals surface area contributed by atoms with E-state index < -0.39 is 11.7 Å². The Hall–Kier alpha value is -3.01. The molecule has 1 aromatic heterocycles. The van der Waals surface area contributed by atoms with Crippen LogP contribution in [0.3, 0.4) is 0 Å². The first kappa shape index (κ1) is 20.7. The van der Waals surface area contributed by atoms with Gasteiger partial charge in [-0.25, -0.2) is 14.2 Å². The Bertz CT molecular complexity index is 879. The van der Waals surface area contributed by atoms with Gasteiger partial charge in [0.05, 0.1) is 18.7 Å². The Morgan fingerprint density at radius 3 is 2.45 bits per heavy atom. The molecule has 2 aromatic rings. The van der Waals surface area contributed by atoms with Gasteiger partial charge in [-0.15, -0.1) is 11.3 Å². The van der Waals surface area contributed by atoms with Gasteiger partial charge >= 0.3 is 6.09 Å². The van der Waals surface area contributed by atoms with Gasteiger partial charge in [0.2, 0.25) is 5.91 Å². The summed E-state index contributed by atoms with van der Waals surface area (Å²) in [6, 6.07) is 5.20. The Balaban J connectivity index is 1.50. The normalized spacial score (nSPS) is 13.9. The number of hydrogen-bond acceptors (Lipinski definition) is 6. The van der Waals surface area contributed by atoms with Gasteiger partial charge in [0.15, 0.2) is 5.13 Å². The highest BCUT2D eigenvalue weighted by molar-refractivity contribution is 7.14. The lowest BCUT2D eigenvalue weighted by atomic mass is 10.2. The van der Waals surface area contributed by atoms with Gasteiger partial charge in [0, 0.05) is 37.1 Å². The maximum absolute atomic E-state index is 12.9. The summed E-state index contributed by atoms with van der Waals surface area (Å²) in [5.41, 5.74) is 0.876. The third-order valence-electron chi connectivity index (χ3n) is 4.37. The number of benzene rings is 1. The van der Waals surface area contributed by atoms with Crippen molar-refractivity contribution in [2.45, 2.75) is 13.3 Å². The second-order valence-electron chi connectivity index (χ2n) is 6.35. The Morgan fingerprint density at radius 2 is 1.79 bits per heavy atom. The van der Waals surface area contributed by atoms with Crippen LogP contribution in [0.4, 0.5) is 14.3 Å². The molecule has 0 spiro atoms. The minimum atomic E-state index is -0.417. The molecular weight excluding hydrogens is 399 g/mol. The highest BCUT2D eigenvalue weighted by Crippen LogP contribution is 2.18. The zero-order valence-corrected chi connectivity index (χ0v) is 16.7. The van der Waals surface area contributed by atoms with Crippen LogP contribution >= 0.6 is 11.3 Å². The largest absolute Gasteiger partial charge is 0.450 e. The van der Waals surface area contributed by atoms with Crippen LogP contribution in [0, 0.1) is 5.82 Å². The highest BCUT2D eigenvalue weighted by Gasteiger charge is 2.25. The average Bonchev–Trinajstić information content (AvgIpc) is 3.15. The number of anilines is 1. The maximum Gasteiger partial charge on any atom is 0.409 e. The molecule has 0 radical (unpaired) electrons. The third-order valence-corrected chi connectivity index (χ3v) is 5.18. The van der Waals surface area contributed by atoms with Gasteiger partial charge in [-0.05, 0) is 31.2 Å². The van der Waals surface area contributed by atoms with Crippen LogP contribution < -0.4 is 5.32 Å². The van der Waals surface area contributed by atoms with Crippen molar-refractivity contribution in [2.24, 2.45) is 0 Å². The first-order valence-electron chi connectivity index (χ1n) is 9.17. The number of nitrogens with zero attached hydrogens (tertiary/aromatic N) is 3. The van der Waals surface area contributed by atoms with Crippen LogP contribution in [0.2, 0.25) is 0 Å². The van der Waals surface area contributed by atoms with Crippen molar-refractivity contribution in [3.63, 3.8) is 0 Å². The average molecular weight is 420 g/mol. The molecule has 0 saturated carbocycles. The van der Waals surface area contributed by atoms with Gasteiger partial charge in [-0.2, -0.15) is 0 Å². The van der Waals surface area contributed by atoms with Gasteiger partial charge in [0.25, 0.3) is 5.91 Å². The van der Waals surface area contributed by atoms with E-state index in [1.165, 1.54) is 35.6 Å². The minimum absolute atomic E-state index is 0.0878. The molecule has 1 aromatic carbocycles. The van der Waals surface area contributed by atoms with E-state index in [-0.39, 0.29) is 18.4 Å². The molecule has 8 nitrogen and oxygen atoms in total. The van der Waals surface area contributed by atoms with Crippen molar-refractivity contribution in [3.05, 3.63) is 46.7 Å². The first-order chi connectivity index (χ1) is 14.0. The van der Waals surface area contributed by atoms with Gasteiger partial charge in [0.1, 0.15) is 5.82 Å². The van der Waals surface area contributed by atoms with Gasteiger partial charge < -0.3 is 14.5 Å². The number of amides is 3. The van der Waals surface area contributed by atoms with E-state index in [1.807, 2.05) is 0 Å². The lowest BCUT2D eigenvalue weighted by molar-refractivity contribution is -0.132. The third kappa shape index (κ3) is 5.50. The zero-order valence-electron chi connectivity index (χ0n) is 15.9. The number of halogens is 1. The molecule has 3 rings (SSSR count). The molecule has 10 heteroatoms. The number of carbonyl (C=O) groups excluding carboxylic acids is 3. The molecule has 1 aliphatic rings. The summed E-state index contributed by atoms with van der Waals surface area (Å²) in [6.07, 6.45) is -0.247. The number of aromatic nitrogens is 1. The fraction of sp³-hybridized carbons (Fsp3) is 0.368. The predicted molar refractivity (Wildman–Crippen MR) is 105 cm³/mol. The Labute approximate surface area is 171 Å². The fourth-order valence-corrected chi connectivity index (χ4v) is 3.54. The van der Waals surface area contributed by atoms with Crippen molar-refractivity contribution in [3.8, 4) is 0 Å². The lowest BCUT2D eigenvalue weighted by Crippen LogP contribution is -2.51. The number of hydrogen-bond donors (Lipinski definition) is 1. The molecule has 2 heterocycles. The molecule has 1 saturated heterocycles. The minimum Gasteiger partial charge on any atom is -0.450 e. The van der Waals surface area contributed by atoms with Crippen LogP contribution in [0.25, 0.3) is 0 Å². The number of nitrogens with one attached hydrogen (secondary N) is 1. The van der Waals surface area contributed by atoms with E-state index in [0.29, 0.717) is 49.2 Å². The molecule has 1 N–H and O–H groups in total. The molecule has 0 aliphatic carbocycles. The van der Waals surface area contributed by atoms with E-state index in [2.05, 4.69) is 10.3 Å². The Kier molecular flexibility index (Phi) is 6.76. The summed E-state index contributed by atoms with van der Waals surface area (Å²) in [5.74, 6) is -0.901. The Morgan fingerprint density at radius 1 is 1.14 bits per heavy atom. The number of rotatable bonds is 5. The molecule has 3 amide bonds. The summed E-state index contributed by atoms with van der Waals surface area (Å²) in [5, 5.41) is 4.73. The van der Waals surface area contributed by atoms with Crippen LogP contribution in [0.5, 0.6) is 0 Å². The monoisotopic (exact) mass is 420 g/mol. The van der Waals surface area contributed by atoms with Crippen molar-refractivity contribution in [2.75, 3.05) is 38.1 Å². The van der Waals surface area contributed by atoms with Crippen molar-refractivity contribution < 1.29 is 23.5 Å². The molecule has 1 aliphatic heterocycles. The van der Waals surface area contributed by atoms with E-state index in [1.54, 1.807) is 22.1 Å². The number of carbonyl (C=O) groups is 3. The van der Waals surface area contributed by atoms with E-state index in [9.17, 15) is 18.8 Å². The van der Waals surface area contributed by atoms with Crippen molar-refractivity contribution in [1.29, 1.82) is 0 Å². The molecule has 0 bridgehead atoms.